The van der Waals surface area contributed by atoms with Crippen molar-refractivity contribution in [3.8, 4) is 50.9 Å². The fourth-order valence-electron chi connectivity index (χ4n) is 8.12. The summed E-state index contributed by atoms with van der Waals surface area (Å²) >= 11 is 0. The summed E-state index contributed by atoms with van der Waals surface area (Å²) in [5.41, 5.74) is 14.2. The summed E-state index contributed by atoms with van der Waals surface area (Å²) < 4.78 is 6.72. The molecule has 0 amide bonds. The van der Waals surface area contributed by atoms with E-state index < -0.39 is 0 Å². The largest absolute Gasteiger partial charge is 0.457 e. The van der Waals surface area contributed by atoms with Crippen molar-refractivity contribution >= 4 is 5.57 Å². The molecule has 0 aliphatic heterocycles. The molecule has 0 radical (unpaired) electrons. The van der Waals surface area contributed by atoms with Gasteiger partial charge in [0.05, 0.1) is 17.1 Å². The Morgan fingerprint density at radius 2 is 1.15 bits per heavy atom. The van der Waals surface area contributed by atoms with E-state index in [-0.39, 0.29) is 5.41 Å². The van der Waals surface area contributed by atoms with Crippen LogP contribution in [0.5, 0.6) is 5.75 Å². The summed E-state index contributed by atoms with van der Waals surface area (Å²) in [5, 5.41) is 0. The maximum Gasteiger partial charge on any atom is 0.160 e. The van der Waals surface area contributed by atoms with E-state index in [9.17, 15) is 0 Å². The summed E-state index contributed by atoms with van der Waals surface area (Å²) in [6, 6.07) is 60.9. The van der Waals surface area contributed by atoms with Gasteiger partial charge >= 0.3 is 0 Å². The summed E-state index contributed by atoms with van der Waals surface area (Å²) in [4.78, 5) is 14.7. The van der Waals surface area contributed by atoms with E-state index in [0.29, 0.717) is 11.6 Å². The SMILES string of the molecule is C=C(/C(=C/C)Oc1ccc(C(CC)(c2ccccc2)c2ccccc2)c(C)c1C)c1ccc(-c2nc(-c3ccccc3)cc(-c3cccc(-c4ccccn4)c3)n2)cc1. The summed E-state index contributed by atoms with van der Waals surface area (Å²) in [7, 11) is 0. The Kier molecular flexibility index (Phi) is 11.2. The van der Waals surface area contributed by atoms with Crippen molar-refractivity contribution < 1.29 is 4.74 Å². The molecule has 8 rings (SSSR count). The van der Waals surface area contributed by atoms with E-state index in [1.54, 1.807) is 0 Å². The van der Waals surface area contributed by atoms with Gasteiger partial charge in [-0.15, -0.1) is 0 Å². The molecule has 0 aliphatic rings. The number of hydrogen-bond donors (Lipinski definition) is 0. The second-order valence-corrected chi connectivity index (χ2v) is 14.8. The number of rotatable bonds is 12. The molecule has 0 unspecified atom stereocenters. The van der Waals surface area contributed by atoms with E-state index in [2.05, 4.69) is 172 Å². The third-order valence-electron chi connectivity index (χ3n) is 11.4. The van der Waals surface area contributed by atoms with E-state index >= 15 is 0 Å². The van der Waals surface area contributed by atoms with Crippen molar-refractivity contribution in [3.05, 3.63) is 234 Å². The van der Waals surface area contributed by atoms with Gasteiger partial charge in [0.1, 0.15) is 11.5 Å². The number of benzene rings is 6. The molecule has 59 heavy (non-hydrogen) atoms. The first-order valence-corrected chi connectivity index (χ1v) is 20.2. The number of allylic oxidation sites excluding steroid dienone is 2. The highest BCUT2D eigenvalue weighted by Gasteiger charge is 2.36. The third-order valence-corrected chi connectivity index (χ3v) is 11.4. The van der Waals surface area contributed by atoms with Crippen LogP contribution in [0.3, 0.4) is 0 Å². The Morgan fingerprint density at radius 3 is 1.75 bits per heavy atom. The molecule has 0 bridgehead atoms. The number of ether oxygens (including phenoxy) is 1. The maximum atomic E-state index is 6.72. The zero-order chi connectivity index (χ0) is 40.8. The highest BCUT2D eigenvalue weighted by Crippen LogP contribution is 2.45. The van der Waals surface area contributed by atoms with Gasteiger partial charge in [-0.2, -0.15) is 0 Å². The Balaban J connectivity index is 1.09. The summed E-state index contributed by atoms with van der Waals surface area (Å²) in [6.45, 7) is 13.1. The fraction of sp³-hybridized carbons (Fsp3) is 0.109. The van der Waals surface area contributed by atoms with Crippen molar-refractivity contribution in [1.29, 1.82) is 0 Å². The first-order valence-electron chi connectivity index (χ1n) is 20.2. The van der Waals surface area contributed by atoms with Gasteiger partial charge in [-0.25, -0.2) is 9.97 Å². The van der Waals surface area contributed by atoms with Crippen molar-refractivity contribution in [1.82, 2.24) is 15.0 Å². The Labute approximate surface area is 348 Å². The normalized spacial score (nSPS) is 11.6. The molecule has 4 nitrogen and oxygen atoms in total. The lowest BCUT2D eigenvalue weighted by atomic mass is 9.66. The van der Waals surface area contributed by atoms with Crippen LogP contribution in [-0.2, 0) is 5.41 Å². The van der Waals surface area contributed by atoms with Crippen molar-refractivity contribution in [2.24, 2.45) is 0 Å². The van der Waals surface area contributed by atoms with Crippen molar-refractivity contribution in [2.75, 3.05) is 0 Å². The van der Waals surface area contributed by atoms with Crippen LogP contribution >= 0.6 is 0 Å². The maximum absolute atomic E-state index is 6.72. The topological polar surface area (TPSA) is 47.9 Å². The van der Waals surface area contributed by atoms with Gasteiger partial charge in [-0.1, -0.05) is 159 Å². The number of hydrogen-bond acceptors (Lipinski definition) is 4. The van der Waals surface area contributed by atoms with Gasteiger partial charge in [0, 0.05) is 39.4 Å². The van der Waals surface area contributed by atoms with Crippen LogP contribution in [0, 0.1) is 13.8 Å². The van der Waals surface area contributed by atoms with Crippen LogP contribution in [0.4, 0.5) is 0 Å². The predicted molar refractivity (Wildman–Crippen MR) is 244 cm³/mol. The second-order valence-electron chi connectivity index (χ2n) is 14.8. The molecule has 0 spiro atoms. The van der Waals surface area contributed by atoms with E-state index in [0.717, 1.165) is 68.2 Å². The van der Waals surface area contributed by atoms with Gasteiger partial charge in [0.15, 0.2) is 5.82 Å². The molecule has 0 saturated carbocycles. The van der Waals surface area contributed by atoms with E-state index in [1.807, 2.05) is 55.6 Å². The van der Waals surface area contributed by atoms with Gasteiger partial charge in [-0.3, -0.25) is 4.98 Å². The molecule has 8 aromatic rings. The van der Waals surface area contributed by atoms with Crippen LogP contribution in [0.25, 0.3) is 50.7 Å². The first-order chi connectivity index (χ1) is 28.9. The lowest BCUT2D eigenvalue weighted by Crippen LogP contribution is -2.29. The lowest BCUT2D eigenvalue weighted by molar-refractivity contribution is 0.443. The van der Waals surface area contributed by atoms with E-state index in [4.69, 9.17) is 14.7 Å². The molecule has 6 aromatic carbocycles. The van der Waals surface area contributed by atoms with Gasteiger partial charge in [0.25, 0.3) is 0 Å². The quantitative estimate of drug-likeness (QED) is 0.0706. The zero-order valence-electron chi connectivity index (χ0n) is 34.1. The van der Waals surface area contributed by atoms with Gasteiger partial charge in [-0.05, 0) is 97.0 Å². The third kappa shape index (κ3) is 7.78. The second kappa shape index (κ2) is 17.1. The average molecular weight is 766 g/mol. The Morgan fingerprint density at radius 1 is 0.576 bits per heavy atom. The van der Waals surface area contributed by atoms with Crippen LogP contribution in [-0.4, -0.2) is 15.0 Å². The Hall–Kier alpha value is -7.17. The molecular weight excluding hydrogens is 719 g/mol. The number of pyridine rings is 1. The van der Waals surface area contributed by atoms with Gasteiger partial charge < -0.3 is 4.74 Å². The van der Waals surface area contributed by atoms with E-state index in [1.165, 1.54) is 22.3 Å². The standard InChI is InChI=1S/C55H47N3O/c1-6-52(59-53-34-33-48(38(3)39(53)4)55(7-2,46-24-13-9-14-25-46)47-26-15-10-16-27-47)40(5)41-29-31-43(32-30-41)54-57-50(42-20-11-8-12-21-42)37-51(58-54)45-23-19-22-44(36-45)49-28-17-18-35-56-49/h6,8-37H,5,7H2,1-4H3/b52-6-. The smallest absolute Gasteiger partial charge is 0.160 e. The van der Waals surface area contributed by atoms with Crippen molar-refractivity contribution in [2.45, 2.75) is 39.5 Å². The average Bonchev–Trinajstić information content (AvgIpc) is 3.31. The number of nitrogens with zero attached hydrogens (tertiary/aromatic N) is 3. The number of aromatic nitrogens is 3. The zero-order valence-corrected chi connectivity index (χ0v) is 34.1. The van der Waals surface area contributed by atoms with Gasteiger partial charge in [0.2, 0.25) is 0 Å². The molecule has 0 fully saturated rings. The molecule has 0 N–H and O–H groups in total. The highest BCUT2D eigenvalue weighted by molar-refractivity contribution is 5.79. The monoisotopic (exact) mass is 765 g/mol. The lowest BCUT2D eigenvalue weighted by Gasteiger charge is -2.37. The molecule has 2 aromatic heterocycles. The van der Waals surface area contributed by atoms with Crippen LogP contribution in [0.2, 0.25) is 0 Å². The fourth-order valence-corrected chi connectivity index (χ4v) is 8.12. The molecule has 4 heteroatoms. The van der Waals surface area contributed by atoms with Crippen LogP contribution in [0.15, 0.2) is 201 Å². The molecule has 0 aliphatic carbocycles. The molecular formula is C55H47N3O. The molecule has 288 valence electrons. The van der Waals surface area contributed by atoms with Crippen molar-refractivity contribution in [3.63, 3.8) is 0 Å². The highest BCUT2D eigenvalue weighted by atomic mass is 16.5. The minimum atomic E-state index is -0.306. The van der Waals surface area contributed by atoms with Crippen LogP contribution < -0.4 is 4.74 Å². The summed E-state index contributed by atoms with van der Waals surface area (Å²) in [6.07, 6.45) is 4.72. The Bertz CT molecular complexity index is 2700. The molecule has 0 saturated heterocycles. The summed E-state index contributed by atoms with van der Waals surface area (Å²) in [5.74, 6) is 2.16. The first kappa shape index (κ1) is 38.7. The minimum absolute atomic E-state index is 0.306. The minimum Gasteiger partial charge on any atom is -0.457 e. The van der Waals surface area contributed by atoms with Crippen LogP contribution in [0.1, 0.15) is 53.6 Å². The predicted octanol–water partition coefficient (Wildman–Crippen LogP) is 13.9. The molecule has 0 atom stereocenters. The molecule has 2 heterocycles.